The van der Waals surface area contributed by atoms with Crippen molar-refractivity contribution in [3.05, 3.63) is 85.7 Å². The van der Waals surface area contributed by atoms with E-state index in [0.29, 0.717) is 22.2 Å². The number of hydrogen-bond donors (Lipinski definition) is 2. The molecule has 148 valence electrons. The zero-order valence-electron chi connectivity index (χ0n) is 15.9. The number of para-hydroxylation sites is 2. The maximum atomic E-state index is 13.1. The van der Waals surface area contributed by atoms with Crippen LogP contribution in [0.15, 0.2) is 58.3 Å². The standard InChI is InChI=1S/C21H16N6O3/c1-13-14(10-22)20-24-16-6-2-3-7-17(16)27(20)21(30)15(13)11-23-25-18(28)12-26-9-5-4-8-19(26)29/h2-9,11,23H,12H2,1H3,(H,25,28). The molecule has 4 aromatic rings. The Morgan fingerprint density at radius 2 is 1.97 bits per heavy atom. The Hall–Kier alpha value is -4.45. The molecular formula is C21H16N6O3. The van der Waals surface area contributed by atoms with Gasteiger partial charge in [0.25, 0.3) is 17.0 Å². The first-order chi connectivity index (χ1) is 14.5. The lowest BCUT2D eigenvalue weighted by Gasteiger charge is -2.07. The number of benzene rings is 1. The van der Waals surface area contributed by atoms with Gasteiger partial charge in [-0.05, 0) is 30.7 Å². The molecule has 0 unspecified atom stereocenters. The summed E-state index contributed by atoms with van der Waals surface area (Å²) in [4.78, 5) is 41.3. The van der Waals surface area contributed by atoms with Crippen LogP contribution in [-0.4, -0.2) is 19.9 Å². The van der Waals surface area contributed by atoms with Crippen LogP contribution >= 0.6 is 0 Å². The maximum Gasteiger partial charge on any atom is 0.265 e. The second-order valence-electron chi connectivity index (χ2n) is 6.59. The summed E-state index contributed by atoms with van der Waals surface area (Å²) in [5.74, 6) is -0.473. The fraction of sp³-hybridized carbons (Fsp3) is 0.0952. The minimum absolute atomic E-state index is 0.182. The number of aromatic nitrogens is 3. The zero-order chi connectivity index (χ0) is 21.3. The SMILES string of the molecule is Cc1c(C#N)c2nc3ccccc3n2c(=O)c1=CNNC(=O)Cn1ccccc1=O. The summed E-state index contributed by atoms with van der Waals surface area (Å²) in [7, 11) is 0. The summed E-state index contributed by atoms with van der Waals surface area (Å²) < 4.78 is 2.64. The molecule has 0 bridgehead atoms. The topological polar surface area (TPSA) is 121 Å². The van der Waals surface area contributed by atoms with Crippen LogP contribution in [0, 0.1) is 18.3 Å². The Morgan fingerprint density at radius 3 is 2.73 bits per heavy atom. The molecule has 1 amide bonds. The molecule has 9 nitrogen and oxygen atoms in total. The van der Waals surface area contributed by atoms with Crippen molar-refractivity contribution in [1.82, 2.24) is 24.8 Å². The van der Waals surface area contributed by atoms with E-state index in [4.69, 9.17) is 0 Å². The number of nitriles is 1. The first-order valence-electron chi connectivity index (χ1n) is 9.05. The van der Waals surface area contributed by atoms with Gasteiger partial charge in [0.05, 0.1) is 21.8 Å². The Kier molecular flexibility index (Phi) is 4.74. The average molecular weight is 400 g/mol. The summed E-state index contributed by atoms with van der Waals surface area (Å²) in [5.41, 5.74) is 6.59. The molecule has 1 aromatic carbocycles. The Bertz CT molecular complexity index is 1510. The van der Waals surface area contributed by atoms with E-state index in [0.717, 1.165) is 0 Å². The Balaban J connectivity index is 1.71. The van der Waals surface area contributed by atoms with Crippen molar-refractivity contribution in [2.24, 2.45) is 0 Å². The first-order valence-corrected chi connectivity index (χ1v) is 9.05. The number of nitrogens with one attached hydrogen (secondary N) is 2. The van der Waals surface area contributed by atoms with E-state index in [1.54, 1.807) is 43.3 Å². The molecule has 3 heterocycles. The number of hydrazine groups is 1. The first kappa shape index (κ1) is 18.9. The van der Waals surface area contributed by atoms with Gasteiger partial charge in [-0.3, -0.25) is 24.2 Å². The molecule has 30 heavy (non-hydrogen) atoms. The summed E-state index contributed by atoms with van der Waals surface area (Å²) in [5, 5.41) is 9.84. The normalized spacial score (nSPS) is 11.5. The largest absolute Gasteiger partial charge is 0.306 e. The number of hydrogen-bond acceptors (Lipinski definition) is 6. The van der Waals surface area contributed by atoms with E-state index < -0.39 is 5.91 Å². The predicted molar refractivity (Wildman–Crippen MR) is 110 cm³/mol. The third-order valence-electron chi connectivity index (χ3n) is 4.75. The van der Waals surface area contributed by atoms with Crippen molar-refractivity contribution in [2.45, 2.75) is 13.5 Å². The number of imidazole rings is 1. The fourth-order valence-corrected chi connectivity index (χ4v) is 3.26. The van der Waals surface area contributed by atoms with Gasteiger partial charge in [-0.25, -0.2) is 4.98 Å². The third kappa shape index (κ3) is 3.16. The predicted octanol–water partition coefficient (Wildman–Crippen LogP) is -0.0326. The van der Waals surface area contributed by atoms with Gasteiger partial charge in [-0.15, -0.1) is 0 Å². The fourth-order valence-electron chi connectivity index (χ4n) is 3.26. The lowest BCUT2D eigenvalue weighted by molar-refractivity contribution is -0.122. The van der Waals surface area contributed by atoms with Crippen LogP contribution in [0.5, 0.6) is 0 Å². The molecule has 3 aromatic heterocycles. The molecule has 0 fully saturated rings. The van der Waals surface area contributed by atoms with Crippen LogP contribution in [0.1, 0.15) is 11.1 Å². The number of pyridine rings is 2. The second-order valence-corrected chi connectivity index (χ2v) is 6.59. The lowest BCUT2D eigenvalue weighted by Crippen LogP contribution is -2.42. The van der Waals surface area contributed by atoms with Crippen molar-refractivity contribution < 1.29 is 4.79 Å². The van der Waals surface area contributed by atoms with Crippen molar-refractivity contribution in [2.75, 3.05) is 0 Å². The number of carbonyl (C=O) groups excluding carboxylic acids is 1. The van der Waals surface area contributed by atoms with E-state index in [1.165, 1.54) is 27.4 Å². The van der Waals surface area contributed by atoms with Gasteiger partial charge < -0.3 is 9.99 Å². The smallest absolute Gasteiger partial charge is 0.265 e. The van der Waals surface area contributed by atoms with Gasteiger partial charge in [0.1, 0.15) is 12.6 Å². The van der Waals surface area contributed by atoms with Crippen LogP contribution in [0.2, 0.25) is 0 Å². The van der Waals surface area contributed by atoms with Crippen molar-refractivity contribution in [3.63, 3.8) is 0 Å². The maximum absolute atomic E-state index is 13.1. The second kappa shape index (κ2) is 7.52. The molecule has 4 rings (SSSR count). The van der Waals surface area contributed by atoms with Crippen LogP contribution in [0.3, 0.4) is 0 Å². The van der Waals surface area contributed by atoms with Crippen LogP contribution in [0.25, 0.3) is 22.9 Å². The van der Waals surface area contributed by atoms with Gasteiger partial charge in [-0.1, -0.05) is 18.2 Å². The number of rotatable bonds is 4. The van der Waals surface area contributed by atoms with Gasteiger partial charge in [0.2, 0.25) is 0 Å². The van der Waals surface area contributed by atoms with Crippen molar-refractivity contribution >= 4 is 28.8 Å². The molecule has 9 heteroatoms. The summed E-state index contributed by atoms with van der Waals surface area (Å²) in [6.07, 6.45) is 2.83. The molecule has 0 aliphatic carbocycles. The minimum atomic E-state index is -0.473. The van der Waals surface area contributed by atoms with E-state index in [2.05, 4.69) is 21.9 Å². The zero-order valence-corrected chi connectivity index (χ0v) is 15.9. The molecule has 0 aliphatic heterocycles. The molecule has 0 saturated carbocycles. The van der Waals surface area contributed by atoms with E-state index in [9.17, 15) is 19.6 Å². The van der Waals surface area contributed by atoms with Crippen molar-refractivity contribution in [1.29, 1.82) is 5.26 Å². The van der Waals surface area contributed by atoms with Gasteiger partial charge >= 0.3 is 0 Å². The summed E-state index contributed by atoms with van der Waals surface area (Å²) >= 11 is 0. The minimum Gasteiger partial charge on any atom is -0.306 e. The highest BCUT2D eigenvalue weighted by Crippen LogP contribution is 2.17. The average Bonchev–Trinajstić information content (AvgIpc) is 3.12. The number of nitrogens with zero attached hydrogens (tertiary/aromatic N) is 4. The molecule has 0 spiro atoms. The number of amides is 1. The number of carbonyl (C=O) groups is 1. The van der Waals surface area contributed by atoms with Crippen molar-refractivity contribution in [3.8, 4) is 6.07 Å². The Labute approximate surface area is 169 Å². The highest BCUT2D eigenvalue weighted by molar-refractivity contribution is 5.82. The van der Waals surface area contributed by atoms with Gasteiger partial charge in [0.15, 0.2) is 5.65 Å². The monoisotopic (exact) mass is 400 g/mol. The van der Waals surface area contributed by atoms with Crippen LogP contribution < -0.4 is 27.2 Å². The van der Waals surface area contributed by atoms with E-state index >= 15 is 0 Å². The molecular weight excluding hydrogens is 384 g/mol. The third-order valence-corrected chi connectivity index (χ3v) is 4.75. The lowest BCUT2D eigenvalue weighted by atomic mass is 10.1. The van der Waals surface area contributed by atoms with E-state index in [-0.39, 0.29) is 28.4 Å². The van der Waals surface area contributed by atoms with E-state index in [1.807, 2.05) is 0 Å². The summed E-state index contributed by atoms with van der Waals surface area (Å²) in [6, 6.07) is 13.8. The Morgan fingerprint density at radius 1 is 1.20 bits per heavy atom. The number of fused-ring (bicyclic) bond motifs is 3. The molecule has 0 radical (unpaired) electrons. The molecule has 0 atom stereocenters. The highest BCUT2D eigenvalue weighted by atomic mass is 16.2. The molecule has 0 aliphatic rings. The van der Waals surface area contributed by atoms with Gasteiger partial charge in [-0.2, -0.15) is 5.26 Å². The van der Waals surface area contributed by atoms with Crippen LogP contribution in [-0.2, 0) is 11.3 Å². The molecule has 2 N–H and O–H groups in total. The van der Waals surface area contributed by atoms with Crippen LogP contribution in [0.4, 0.5) is 0 Å². The summed E-state index contributed by atoms with van der Waals surface area (Å²) in [6.45, 7) is 1.47. The highest BCUT2D eigenvalue weighted by Gasteiger charge is 2.15. The van der Waals surface area contributed by atoms with Gasteiger partial charge in [0, 0.05) is 18.5 Å². The molecule has 0 saturated heterocycles. The quantitative estimate of drug-likeness (QED) is 0.464.